The van der Waals surface area contributed by atoms with E-state index in [9.17, 15) is 33.1 Å². The number of rotatable bonds is 9. The normalized spacial score (nSPS) is 18.3. The van der Waals surface area contributed by atoms with E-state index in [1.807, 2.05) is 0 Å². The second-order valence-corrected chi connectivity index (χ2v) is 11.5. The van der Waals surface area contributed by atoms with E-state index in [0.717, 1.165) is 23.6 Å². The van der Waals surface area contributed by atoms with Gasteiger partial charge in [-0.1, -0.05) is 41.9 Å². The molecule has 3 rings (SSSR count). The molecule has 2 atom stereocenters. The summed E-state index contributed by atoms with van der Waals surface area (Å²) in [5.41, 5.74) is 2.59. The van der Waals surface area contributed by atoms with Crippen LogP contribution < -0.4 is 16.5 Å². The van der Waals surface area contributed by atoms with E-state index in [2.05, 4.69) is 19.7 Å². The third-order valence-corrected chi connectivity index (χ3v) is 6.78. The number of anilines is 1. The lowest BCUT2D eigenvalue weighted by Gasteiger charge is -2.50. The van der Waals surface area contributed by atoms with E-state index < -0.39 is 62.7 Å². The van der Waals surface area contributed by atoms with Gasteiger partial charge in [-0.3, -0.25) is 18.9 Å². The quantitative estimate of drug-likeness (QED) is 0.0874. The Morgan fingerprint density at radius 2 is 2.00 bits per heavy atom. The van der Waals surface area contributed by atoms with Crippen LogP contribution in [-0.2, 0) is 29.1 Å². The second-order valence-electron chi connectivity index (χ2n) is 8.87. The molecule has 0 spiro atoms. The molecule has 3 heterocycles. The number of aromatic nitrogens is 2. The van der Waals surface area contributed by atoms with Crippen LogP contribution in [0.3, 0.4) is 0 Å². The molecule has 208 valence electrons. The summed E-state index contributed by atoms with van der Waals surface area (Å²) < 4.78 is 35.6. The summed E-state index contributed by atoms with van der Waals surface area (Å²) in [6.45, 7) is 6.02. The summed E-state index contributed by atoms with van der Waals surface area (Å²) in [6, 6.07) is -0.417. The van der Waals surface area contributed by atoms with Crippen LogP contribution in [-0.4, -0.2) is 67.2 Å². The highest BCUT2D eigenvalue weighted by Crippen LogP contribution is 2.34. The predicted octanol–water partition coefficient (Wildman–Crippen LogP) is 0.441. The lowest BCUT2D eigenvalue weighted by molar-refractivity contribution is -0.218. The molecule has 1 fully saturated rings. The van der Waals surface area contributed by atoms with Crippen molar-refractivity contribution in [1.29, 1.82) is 0 Å². The van der Waals surface area contributed by atoms with Gasteiger partial charge in [0, 0.05) is 6.07 Å². The van der Waals surface area contributed by atoms with Crippen LogP contribution in [0.4, 0.5) is 5.13 Å². The first-order valence-corrected chi connectivity index (χ1v) is 13.1. The van der Waals surface area contributed by atoms with Crippen molar-refractivity contribution in [2.24, 2.45) is 11.1 Å². The maximum absolute atomic E-state index is 13.2. The first kappa shape index (κ1) is 29.1. The van der Waals surface area contributed by atoms with Crippen molar-refractivity contribution < 1.29 is 42.0 Å². The standard InChI is InChI=1S/C19H23ClN6O10S2/c1-7(2)13(8-5-9(27)10(28)6-25(8)31)35-24-12(11-15(20)37-18(21)22-11)16(29)23-14-17(30)26(19(14,3)4)36-38(32,33)34/h5-7,13-14,28,31H,1-4H3,(H2,21,22)(H,23,29)(H,32,33,34)/b24-12-/t13?,14-/m1/s1. The number of hydroxylamine groups is 2. The van der Waals surface area contributed by atoms with Gasteiger partial charge in [-0.05, 0) is 19.8 Å². The summed E-state index contributed by atoms with van der Waals surface area (Å²) in [7, 11) is -5.02. The van der Waals surface area contributed by atoms with Gasteiger partial charge in [-0.15, -0.1) is 4.28 Å². The SMILES string of the molecule is CC(C)C(O/N=C(\C(=O)N[C@@H]1C(=O)N(OS(=O)(=O)O)C1(C)C)c1nc(N)sc1Cl)c1cc(=O)c(O)cn1O. The van der Waals surface area contributed by atoms with Crippen molar-refractivity contribution in [3.05, 3.63) is 38.2 Å². The molecule has 16 nitrogen and oxygen atoms in total. The molecule has 0 bridgehead atoms. The van der Waals surface area contributed by atoms with Gasteiger partial charge in [0.25, 0.3) is 11.8 Å². The number of nitrogens with two attached hydrogens (primary N) is 1. The van der Waals surface area contributed by atoms with Crippen molar-refractivity contribution in [3.63, 3.8) is 0 Å². The van der Waals surface area contributed by atoms with Crippen molar-refractivity contribution in [1.82, 2.24) is 20.1 Å². The van der Waals surface area contributed by atoms with Crippen LogP contribution >= 0.6 is 22.9 Å². The summed E-state index contributed by atoms with van der Waals surface area (Å²) in [4.78, 5) is 47.1. The molecule has 2 aromatic heterocycles. The number of nitrogens with zero attached hydrogens (tertiary/aromatic N) is 4. The number of thiazole rings is 1. The molecule has 1 aliphatic heterocycles. The number of carbonyl (C=O) groups is 2. The van der Waals surface area contributed by atoms with Crippen LogP contribution in [0.2, 0.25) is 4.34 Å². The molecular formula is C19H23ClN6O10S2. The molecule has 0 aliphatic carbocycles. The molecule has 2 aromatic rings. The number of nitrogen functional groups attached to an aromatic ring is 1. The average Bonchev–Trinajstić information content (AvgIpc) is 3.12. The summed E-state index contributed by atoms with van der Waals surface area (Å²) in [6.07, 6.45) is -0.373. The Hall–Kier alpha value is -3.45. The van der Waals surface area contributed by atoms with Crippen molar-refractivity contribution in [3.8, 4) is 5.75 Å². The lowest BCUT2D eigenvalue weighted by Crippen LogP contribution is -2.76. The highest BCUT2D eigenvalue weighted by Gasteiger charge is 2.58. The Morgan fingerprint density at radius 1 is 1.37 bits per heavy atom. The fraction of sp³-hybridized carbons (Fsp3) is 0.421. The Bertz CT molecular complexity index is 1470. The first-order valence-electron chi connectivity index (χ1n) is 10.6. The van der Waals surface area contributed by atoms with Crippen molar-refractivity contribution >= 4 is 56.0 Å². The van der Waals surface area contributed by atoms with Gasteiger partial charge in [0.15, 0.2) is 22.7 Å². The van der Waals surface area contributed by atoms with E-state index >= 15 is 0 Å². The van der Waals surface area contributed by atoms with Gasteiger partial charge >= 0.3 is 10.4 Å². The number of hydrogen-bond donors (Lipinski definition) is 5. The minimum atomic E-state index is -5.02. The highest BCUT2D eigenvalue weighted by molar-refractivity contribution is 7.80. The molecule has 1 unspecified atom stereocenters. The van der Waals surface area contributed by atoms with Crippen LogP contribution in [0.15, 0.2) is 22.2 Å². The number of carbonyl (C=O) groups excluding carboxylic acids is 2. The number of aromatic hydroxyl groups is 1. The van der Waals surface area contributed by atoms with Gasteiger partial charge in [-0.2, -0.15) is 18.2 Å². The van der Waals surface area contributed by atoms with Gasteiger partial charge in [0.05, 0.1) is 11.7 Å². The minimum Gasteiger partial charge on any atom is -0.503 e. The Kier molecular flexibility index (Phi) is 7.94. The Labute approximate surface area is 224 Å². The molecule has 1 saturated heterocycles. The fourth-order valence-electron chi connectivity index (χ4n) is 3.44. The highest BCUT2D eigenvalue weighted by atomic mass is 35.5. The number of β-lactam (4-membered cyclic amide) rings is 1. The number of halogens is 1. The molecule has 6 N–H and O–H groups in total. The van der Waals surface area contributed by atoms with Crippen molar-refractivity contribution in [2.75, 3.05) is 5.73 Å². The number of pyridine rings is 1. The van der Waals surface area contributed by atoms with Crippen LogP contribution in [0, 0.1) is 5.92 Å². The van der Waals surface area contributed by atoms with Gasteiger partial charge < -0.3 is 26.2 Å². The predicted molar refractivity (Wildman–Crippen MR) is 132 cm³/mol. The molecule has 0 radical (unpaired) electrons. The lowest BCUT2D eigenvalue weighted by atomic mass is 9.84. The zero-order valence-corrected chi connectivity index (χ0v) is 22.5. The van der Waals surface area contributed by atoms with E-state index in [1.165, 1.54) is 13.8 Å². The number of oxime groups is 1. The van der Waals surface area contributed by atoms with Crippen LogP contribution in [0.1, 0.15) is 45.2 Å². The first-order chi connectivity index (χ1) is 17.4. The van der Waals surface area contributed by atoms with Gasteiger partial charge in [-0.25, -0.2) is 4.98 Å². The summed E-state index contributed by atoms with van der Waals surface area (Å²) in [5, 5.41) is 26.3. The minimum absolute atomic E-state index is 0.0265. The molecule has 19 heteroatoms. The monoisotopic (exact) mass is 594 g/mol. The second kappa shape index (κ2) is 10.4. The number of hydrogen-bond acceptors (Lipinski definition) is 13. The zero-order valence-electron chi connectivity index (χ0n) is 20.1. The third kappa shape index (κ3) is 5.83. The third-order valence-electron chi connectivity index (χ3n) is 5.36. The van der Waals surface area contributed by atoms with Crippen molar-refractivity contribution in [2.45, 2.75) is 45.4 Å². The van der Waals surface area contributed by atoms with E-state index in [1.54, 1.807) is 13.8 Å². The average molecular weight is 595 g/mol. The fourth-order valence-corrected chi connectivity index (χ4v) is 4.82. The molecular weight excluding hydrogens is 572 g/mol. The van der Waals surface area contributed by atoms with Gasteiger partial charge in [0.1, 0.15) is 21.8 Å². The van der Waals surface area contributed by atoms with E-state index in [-0.39, 0.29) is 20.9 Å². The summed E-state index contributed by atoms with van der Waals surface area (Å²) >= 11 is 6.98. The van der Waals surface area contributed by atoms with Gasteiger partial charge in [0.2, 0.25) is 5.43 Å². The topological polar surface area (TPSA) is 236 Å². The maximum atomic E-state index is 13.2. The molecule has 1 aliphatic rings. The van der Waals surface area contributed by atoms with E-state index in [4.69, 9.17) is 26.7 Å². The van der Waals surface area contributed by atoms with Crippen LogP contribution in [0.5, 0.6) is 5.75 Å². The summed E-state index contributed by atoms with van der Waals surface area (Å²) in [5.74, 6) is -3.20. The zero-order chi connectivity index (χ0) is 28.7. The van der Waals surface area contributed by atoms with Crippen LogP contribution in [0.25, 0.3) is 0 Å². The molecule has 2 amide bonds. The number of nitrogens with one attached hydrogen (secondary N) is 1. The molecule has 38 heavy (non-hydrogen) atoms. The van der Waals surface area contributed by atoms with E-state index in [0.29, 0.717) is 9.79 Å². The smallest absolute Gasteiger partial charge is 0.418 e. The molecule has 0 aromatic carbocycles. The molecule has 0 saturated carbocycles. The Morgan fingerprint density at radius 3 is 2.50 bits per heavy atom. The Balaban J connectivity index is 1.96. The number of amides is 2. The largest absolute Gasteiger partial charge is 0.503 e. The maximum Gasteiger partial charge on any atom is 0.418 e.